The standard InChI is InChI=1S/C19H21N3O4S/c1-21(2)19(23)13-3-7-15(8-4-13)26-16-9-10-17-18(11-16)27(24,25)20-12-22(17)14-5-6-14/h3-4,7-11,14,20H,5-6,12H2,1-2H3. The van der Waals surface area contributed by atoms with E-state index in [4.69, 9.17) is 4.74 Å². The molecule has 1 amide bonds. The van der Waals surface area contributed by atoms with Crippen molar-refractivity contribution in [3.05, 3.63) is 48.0 Å². The van der Waals surface area contributed by atoms with Crippen molar-refractivity contribution in [3.8, 4) is 11.5 Å². The maximum Gasteiger partial charge on any atom is 0.253 e. The van der Waals surface area contributed by atoms with Gasteiger partial charge in [-0.2, -0.15) is 4.72 Å². The molecule has 7 nitrogen and oxygen atoms in total. The number of carbonyl (C=O) groups is 1. The Morgan fingerprint density at radius 3 is 2.41 bits per heavy atom. The van der Waals surface area contributed by atoms with Gasteiger partial charge in [0.15, 0.2) is 0 Å². The van der Waals surface area contributed by atoms with Gasteiger partial charge < -0.3 is 14.5 Å². The number of nitrogens with zero attached hydrogens (tertiary/aromatic N) is 2. The SMILES string of the molecule is CN(C)C(=O)c1ccc(Oc2ccc3c(c2)S(=O)(=O)NCN3C2CC2)cc1. The van der Waals surface area contributed by atoms with Gasteiger partial charge in [-0.15, -0.1) is 0 Å². The zero-order chi connectivity index (χ0) is 19.2. The second-order valence-corrected chi connectivity index (χ2v) is 8.70. The maximum atomic E-state index is 12.4. The Morgan fingerprint density at radius 1 is 1.11 bits per heavy atom. The number of anilines is 1. The predicted molar refractivity (Wildman–Crippen MR) is 102 cm³/mol. The fourth-order valence-corrected chi connectivity index (χ4v) is 4.30. The van der Waals surface area contributed by atoms with E-state index in [1.54, 1.807) is 56.6 Å². The molecule has 1 heterocycles. The van der Waals surface area contributed by atoms with Crippen LogP contribution in [0.25, 0.3) is 0 Å². The topological polar surface area (TPSA) is 78.9 Å². The van der Waals surface area contributed by atoms with Crippen LogP contribution >= 0.6 is 0 Å². The van der Waals surface area contributed by atoms with Gasteiger partial charge in [0, 0.05) is 31.8 Å². The molecule has 0 saturated heterocycles. The Morgan fingerprint density at radius 2 is 1.78 bits per heavy atom. The van der Waals surface area contributed by atoms with Gasteiger partial charge in [-0.25, -0.2) is 8.42 Å². The Hall–Kier alpha value is -2.58. The van der Waals surface area contributed by atoms with Gasteiger partial charge in [0.25, 0.3) is 5.91 Å². The molecule has 142 valence electrons. The van der Waals surface area contributed by atoms with Gasteiger partial charge in [0.05, 0.1) is 12.4 Å². The normalized spacial score (nSPS) is 17.9. The Labute approximate surface area is 158 Å². The summed E-state index contributed by atoms with van der Waals surface area (Å²) in [6, 6.07) is 12.3. The lowest BCUT2D eigenvalue weighted by atomic mass is 10.2. The highest BCUT2D eigenvalue weighted by Gasteiger charge is 2.36. The van der Waals surface area contributed by atoms with Crippen molar-refractivity contribution in [1.29, 1.82) is 0 Å². The van der Waals surface area contributed by atoms with Crippen molar-refractivity contribution in [3.63, 3.8) is 0 Å². The number of hydrogen-bond acceptors (Lipinski definition) is 5. The summed E-state index contributed by atoms with van der Waals surface area (Å²) in [5, 5.41) is 0. The van der Waals surface area contributed by atoms with Crippen LogP contribution in [-0.4, -0.2) is 46.0 Å². The highest BCUT2D eigenvalue weighted by molar-refractivity contribution is 7.89. The van der Waals surface area contributed by atoms with Gasteiger partial charge in [-0.05, 0) is 49.2 Å². The first-order valence-electron chi connectivity index (χ1n) is 8.75. The number of amides is 1. The van der Waals surface area contributed by atoms with Gasteiger partial charge in [0.1, 0.15) is 16.4 Å². The highest BCUT2D eigenvalue weighted by atomic mass is 32.2. The summed E-state index contributed by atoms with van der Waals surface area (Å²) < 4.78 is 33.2. The summed E-state index contributed by atoms with van der Waals surface area (Å²) in [4.78, 5) is 15.8. The smallest absolute Gasteiger partial charge is 0.253 e. The molecule has 2 aromatic rings. The van der Waals surface area contributed by atoms with Crippen LogP contribution in [-0.2, 0) is 10.0 Å². The van der Waals surface area contributed by atoms with Crippen LogP contribution in [0.2, 0.25) is 0 Å². The summed E-state index contributed by atoms with van der Waals surface area (Å²) in [5.41, 5.74) is 1.28. The third-order valence-electron chi connectivity index (χ3n) is 4.69. The number of rotatable bonds is 4. The number of sulfonamides is 1. The van der Waals surface area contributed by atoms with E-state index in [-0.39, 0.29) is 10.8 Å². The van der Waals surface area contributed by atoms with E-state index in [0.717, 1.165) is 18.5 Å². The molecule has 8 heteroatoms. The first-order valence-corrected chi connectivity index (χ1v) is 10.2. The van der Waals surface area contributed by atoms with Crippen molar-refractivity contribution >= 4 is 21.6 Å². The van der Waals surface area contributed by atoms with Crippen molar-refractivity contribution < 1.29 is 17.9 Å². The number of hydrogen-bond donors (Lipinski definition) is 1. The summed E-state index contributed by atoms with van der Waals surface area (Å²) in [5.74, 6) is 0.876. The van der Waals surface area contributed by atoms with E-state index in [2.05, 4.69) is 9.62 Å². The Kier molecular flexibility index (Phi) is 4.32. The van der Waals surface area contributed by atoms with E-state index >= 15 is 0 Å². The van der Waals surface area contributed by atoms with Crippen LogP contribution < -0.4 is 14.4 Å². The molecular formula is C19H21N3O4S. The monoisotopic (exact) mass is 387 g/mol. The van der Waals surface area contributed by atoms with E-state index in [1.165, 1.54) is 4.90 Å². The molecule has 2 aliphatic rings. The Bertz CT molecular complexity index is 983. The van der Waals surface area contributed by atoms with Gasteiger partial charge in [-0.3, -0.25) is 4.79 Å². The molecule has 0 atom stereocenters. The van der Waals surface area contributed by atoms with E-state index < -0.39 is 10.0 Å². The van der Waals surface area contributed by atoms with Crippen LogP contribution in [0.3, 0.4) is 0 Å². The lowest BCUT2D eigenvalue weighted by molar-refractivity contribution is 0.0827. The number of benzene rings is 2. The van der Waals surface area contributed by atoms with Crippen molar-refractivity contribution in [2.75, 3.05) is 25.7 Å². The maximum absolute atomic E-state index is 12.4. The lowest BCUT2D eigenvalue weighted by Crippen LogP contribution is -2.44. The average Bonchev–Trinajstić information content (AvgIpc) is 3.47. The minimum Gasteiger partial charge on any atom is -0.457 e. The largest absolute Gasteiger partial charge is 0.457 e. The summed E-state index contributed by atoms with van der Waals surface area (Å²) in [6.45, 7) is 0.307. The molecule has 1 saturated carbocycles. The predicted octanol–water partition coefficient (Wildman–Crippen LogP) is 2.40. The minimum atomic E-state index is -3.54. The molecular weight excluding hydrogens is 366 g/mol. The molecule has 0 spiro atoms. The lowest BCUT2D eigenvalue weighted by Gasteiger charge is -2.31. The number of carbonyl (C=O) groups excluding carboxylic acids is 1. The van der Waals surface area contributed by atoms with Gasteiger partial charge in [-0.1, -0.05) is 0 Å². The van der Waals surface area contributed by atoms with Crippen LogP contribution in [0.15, 0.2) is 47.4 Å². The fourth-order valence-electron chi connectivity index (χ4n) is 3.10. The van der Waals surface area contributed by atoms with Gasteiger partial charge >= 0.3 is 0 Å². The molecule has 1 N–H and O–H groups in total. The molecule has 1 fully saturated rings. The quantitative estimate of drug-likeness (QED) is 0.872. The third kappa shape index (κ3) is 3.50. The van der Waals surface area contributed by atoms with Crippen molar-refractivity contribution in [1.82, 2.24) is 9.62 Å². The highest BCUT2D eigenvalue weighted by Crippen LogP contribution is 2.39. The number of fused-ring (bicyclic) bond motifs is 1. The fraction of sp³-hybridized carbons (Fsp3) is 0.316. The molecule has 0 radical (unpaired) electrons. The van der Waals surface area contributed by atoms with Gasteiger partial charge in [0.2, 0.25) is 10.0 Å². The summed E-state index contributed by atoms with van der Waals surface area (Å²) in [7, 11) is -0.157. The molecule has 0 aromatic heterocycles. The zero-order valence-corrected chi connectivity index (χ0v) is 16.0. The third-order valence-corrected chi connectivity index (χ3v) is 6.10. The average molecular weight is 387 g/mol. The molecule has 0 unspecified atom stereocenters. The van der Waals surface area contributed by atoms with E-state index in [9.17, 15) is 13.2 Å². The van der Waals surface area contributed by atoms with E-state index in [1.807, 2.05) is 0 Å². The molecule has 0 bridgehead atoms. The van der Waals surface area contributed by atoms with Crippen molar-refractivity contribution in [2.24, 2.45) is 0 Å². The molecule has 1 aliphatic carbocycles. The first kappa shape index (κ1) is 17.8. The molecule has 2 aromatic carbocycles. The minimum absolute atomic E-state index is 0.0901. The molecule has 27 heavy (non-hydrogen) atoms. The van der Waals surface area contributed by atoms with Crippen LogP contribution in [0.4, 0.5) is 5.69 Å². The van der Waals surface area contributed by atoms with Crippen LogP contribution in [0, 0.1) is 0 Å². The Balaban J connectivity index is 1.59. The van der Waals surface area contributed by atoms with E-state index in [0.29, 0.717) is 29.8 Å². The number of nitrogens with one attached hydrogen (secondary N) is 1. The zero-order valence-electron chi connectivity index (χ0n) is 15.2. The molecule has 1 aliphatic heterocycles. The second-order valence-electron chi connectivity index (χ2n) is 6.96. The first-order chi connectivity index (χ1) is 12.8. The van der Waals surface area contributed by atoms with Crippen LogP contribution in [0.1, 0.15) is 23.2 Å². The van der Waals surface area contributed by atoms with Crippen LogP contribution in [0.5, 0.6) is 11.5 Å². The molecule has 4 rings (SSSR count). The summed E-state index contributed by atoms with van der Waals surface area (Å²) in [6.07, 6.45) is 2.16. The van der Waals surface area contributed by atoms with Crippen molar-refractivity contribution in [2.45, 2.75) is 23.8 Å². The summed E-state index contributed by atoms with van der Waals surface area (Å²) >= 11 is 0. The number of ether oxygens (including phenoxy) is 1. The second kappa shape index (κ2) is 6.54.